The molecule has 22 heavy (non-hydrogen) atoms. The molecule has 1 aromatic rings. The molecule has 1 aliphatic heterocycles. The maximum absolute atomic E-state index is 13.5. The highest BCUT2D eigenvalue weighted by Crippen LogP contribution is 2.16. The third kappa shape index (κ3) is 4.93. The molecule has 5 heteroatoms. The first-order chi connectivity index (χ1) is 10.6. The fourth-order valence-corrected chi connectivity index (χ4v) is 2.97. The number of para-hydroxylation sites is 1. The van der Waals surface area contributed by atoms with Crippen molar-refractivity contribution in [3.8, 4) is 5.75 Å². The summed E-state index contributed by atoms with van der Waals surface area (Å²) in [6.45, 7) is 8.94. The summed E-state index contributed by atoms with van der Waals surface area (Å²) in [5.74, 6) is 0.0120. The van der Waals surface area contributed by atoms with Crippen LogP contribution in [0.5, 0.6) is 5.75 Å². The molecule has 0 spiro atoms. The number of benzene rings is 1. The molecule has 2 rings (SSSR count). The molecule has 0 unspecified atom stereocenters. The van der Waals surface area contributed by atoms with Crippen LogP contribution in [-0.4, -0.2) is 66.4 Å². The predicted molar refractivity (Wildman–Crippen MR) is 85.7 cm³/mol. The van der Waals surface area contributed by atoms with E-state index in [0.717, 1.165) is 39.1 Å². The summed E-state index contributed by atoms with van der Waals surface area (Å²) in [5.41, 5.74) is 0. The number of ether oxygens (including phenoxy) is 1. The second-order valence-corrected chi connectivity index (χ2v) is 5.99. The maximum Gasteiger partial charge on any atom is 0.165 e. The molecule has 0 bridgehead atoms. The van der Waals surface area contributed by atoms with Gasteiger partial charge in [-0.3, -0.25) is 9.80 Å². The second-order valence-electron chi connectivity index (χ2n) is 5.99. The zero-order chi connectivity index (χ0) is 15.9. The highest BCUT2D eigenvalue weighted by atomic mass is 19.1. The zero-order valence-electron chi connectivity index (χ0n) is 13.5. The molecule has 1 saturated heterocycles. The van der Waals surface area contributed by atoms with Gasteiger partial charge in [0.25, 0.3) is 0 Å². The van der Waals surface area contributed by atoms with Gasteiger partial charge in [0.1, 0.15) is 6.61 Å². The Hall–Kier alpha value is -1.17. The van der Waals surface area contributed by atoms with Gasteiger partial charge in [0.15, 0.2) is 11.6 Å². The number of hydrogen-bond acceptors (Lipinski definition) is 4. The van der Waals surface area contributed by atoms with Crippen molar-refractivity contribution >= 4 is 0 Å². The van der Waals surface area contributed by atoms with E-state index in [1.54, 1.807) is 18.2 Å². The number of rotatable bonds is 7. The number of piperazine rings is 1. The average Bonchev–Trinajstić information content (AvgIpc) is 2.50. The van der Waals surface area contributed by atoms with Crippen LogP contribution in [0.25, 0.3) is 0 Å². The predicted octanol–water partition coefficient (Wildman–Crippen LogP) is 1.98. The summed E-state index contributed by atoms with van der Waals surface area (Å²) >= 11 is 0. The SMILES string of the molecule is CC[C@@H]1CN(CCOc2ccccc2F)CCN1C[C@H](C)O. The van der Waals surface area contributed by atoms with E-state index in [1.807, 2.05) is 6.92 Å². The van der Waals surface area contributed by atoms with Gasteiger partial charge in [-0.05, 0) is 25.5 Å². The number of hydrogen-bond donors (Lipinski definition) is 1. The summed E-state index contributed by atoms with van der Waals surface area (Å²) in [6, 6.07) is 6.98. The number of halogens is 1. The molecule has 4 nitrogen and oxygen atoms in total. The topological polar surface area (TPSA) is 35.9 Å². The van der Waals surface area contributed by atoms with E-state index in [-0.39, 0.29) is 11.9 Å². The van der Waals surface area contributed by atoms with Gasteiger partial charge < -0.3 is 9.84 Å². The van der Waals surface area contributed by atoms with Crippen LogP contribution >= 0.6 is 0 Å². The summed E-state index contributed by atoms with van der Waals surface area (Å²) in [4.78, 5) is 4.71. The van der Waals surface area contributed by atoms with E-state index < -0.39 is 0 Å². The minimum absolute atomic E-state index is 0.287. The maximum atomic E-state index is 13.5. The Kier molecular flexibility index (Phi) is 6.61. The Bertz CT molecular complexity index is 456. The molecular formula is C17H27FN2O2. The van der Waals surface area contributed by atoms with Gasteiger partial charge in [-0.1, -0.05) is 19.1 Å². The first-order valence-electron chi connectivity index (χ1n) is 8.12. The van der Waals surface area contributed by atoms with Crippen molar-refractivity contribution < 1.29 is 14.2 Å². The Morgan fingerprint density at radius 3 is 2.82 bits per heavy atom. The molecule has 0 aromatic heterocycles. The van der Waals surface area contributed by atoms with Gasteiger partial charge in [0.05, 0.1) is 6.10 Å². The fraction of sp³-hybridized carbons (Fsp3) is 0.647. The highest BCUT2D eigenvalue weighted by Gasteiger charge is 2.26. The highest BCUT2D eigenvalue weighted by molar-refractivity contribution is 5.23. The summed E-state index contributed by atoms with van der Waals surface area (Å²) < 4.78 is 19.0. The quantitative estimate of drug-likeness (QED) is 0.835. The van der Waals surface area contributed by atoms with Crippen molar-refractivity contribution in [2.75, 3.05) is 39.3 Å². The number of aliphatic hydroxyl groups is 1. The van der Waals surface area contributed by atoms with E-state index in [1.165, 1.54) is 6.07 Å². The first kappa shape index (κ1) is 17.2. The molecule has 1 aromatic carbocycles. The van der Waals surface area contributed by atoms with Crippen molar-refractivity contribution in [1.82, 2.24) is 9.80 Å². The first-order valence-corrected chi connectivity index (χ1v) is 8.12. The van der Waals surface area contributed by atoms with Crippen molar-refractivity contribution in [2.45, 2.75) is 32.4 Å². The van der Waals surface area contributed by atoms with Gasteiger partial charge in [-0.2, -0.15) is 0 Å². The number of aliphatic hydroxyl groups excluding tert-OH is 1. The minimum Gasteiger partial charge on any atom is -0.489 e. The lowest BCUT2D eigenvalue weighted by molar-refractivity contribution is 0.0321. The third-order valence-electron chi connectivity index (χ3n) is 4.16. The minimum atomic E-state index is -0.310. The molecule has 0 saturated carbocycles. The van der Waals surface area contributed by atoms with Crippen molar-refractivity contribution in [3.05, 3.63) is 30.1 Å². The molecule has 1 aliphatic rings. The fourth-order valence-electron chi connectivity index (χ4n) is 2.97. The monoisotopic (exact) mass is 310 g/mol. The summed E-state index contributed by atoms with van der Waals surface area (Å²) in [5, 5.41) is 9.57. The average molecular weight is 310 g/mol. The summed E-state index contributed by atoms with van der Waals surface area (Å²) in [6.07, 6.45) is 0.780. The van der Waals surface area contributed by atoms with Gasteiger partial charge in [-0.15, -0.1) is 0 Å². The van der Waals surface area contributed by atoms with E-state index in [0.29, 0.717) is 18.4 Å². The molecule has 1 N–H and O–H groups in total. The zero-order valence-corrected chi connectivity index (χ0v) is 13.5. The lowest BCUT2D eigenvalue weighted by Crippen LogP contribution is -2.55. The van der Waals surface area contributed by atoms with Gasteiger partial charge in [-0.25, -0.2) is 4.39 Å². The normalized spacial score (nSPS) is 21.7. The lowest BCUT2D eigenvalue weighted by atomic mass is 10.1. The van der Waals surface area contributed by atoms with Crippen LogP contribution in [0.2, 0.25) is 0 Å². The molecule has 2 atom stereocenters. The van der Waals surface area contributed by atoms with E-state index in [9.17, 15) is 9.50 Å². The standard InChI is InChI=1S/C17H27FN2O2/c1-3-15-13-19(8-9-20(15)12-14(2)21)10-11-22-17-7-5-4-6-16(17)18/h4-7,14-15,21H,3,8-13H2,1-2H3/t14-,15+/m0/s1. The van der Waals surface area contributed by atoms with Gasteiger partial charge in [0.2, 0.25) is 0 Å². The van der Waals surface area contributed by atoms with Crippen LogP contribution in [0, 0.1) is 5.82 Å². The Balaban J connectivity index is 1.76. The molecule has 0 aliphatic carbocycles. The van der Waals surface area contributed by atoms with Crippen molar-refractivity contribution in [1.29, 1.82) is 0 Å². The van der Waals surface area contributed by atoms with Gasteiger partial charge in [0, 0.05) is 38.8 Å². The van der Waals surface area contributed by atoms with E-state index in [4.69, 9.17) is 4.74 Å². The second kappa shape index (κ2) is 8.46. The number of nitrogens with zero attached hydrogens (tertiary/aromatic N) is 2. The van der Waals surface area contributed by atoms with Crippen LogP contribution in [-0.2, 0) is 0 Å². The molecule has 0 radical (unpaired) electrons. The van der Waals surface area contributed by atoms with E-state index >= 15 is 0 Å². The van der Waals surface area contributed by atoms with Crippen LogP contribution in [0.3, 0.4) is 0 Å². The Morgan fingerprint density at radius 2 is 2.14 bits per heavy atom. The lowest BCUT2D eigenvalue weighted by Gasteiger charge is -2.41. The van der Waals surface area contributed by atoms with Crippen LogP contribution in [0.1, 0.15) is 20.3 Å². The molecule has 0 amide bonds. The largest absolute Gasteiger partial charge is 0.489 e. The molecule has 124 valence electrons. The third-order valence-corrected chi connectivity index (χ3v) is 4.16. The van der Waals surface area contributed by atoms with Crippen LogP contribution in [0.15, 0.2) is 24.3 Å². The van der Waals surface area contributed by atoms with E-state index in [2.05, 4.69) is 16.7 Å². The van der Waals surface area contributed by atoms with Crippen LogP contribution < -0.4 is 4.74 Å². The Morgan fingerprint density at radius 1 is 1.36 bits per heavy atom. The van der Waals surface area contributed by atoms with Gasteiger partial charge >= 0.3 is 0 Å². The van der Waals surface area contributed by atoms with Crippen molar-refractivity contribution in [2.24, 2.45) is 0 Å². The molecule has 1 heterocycles. The summed E-state index contributed by atoms with van der Waals surface area (Å²) in [7, 11) is 0. The van der Waals surface area contributed by atoms with Crippen molar-refractivity contribution in [3.63, 3.8) is 0 Å². The molecule has 1 fully saturated rings. The molecular weight excluding hydrogens is 283 g/mol. The smallest absolute Gasteiger partial charge is 0.165 e. The number of β-amino-alcohol motifs (C(OH)–C–C–N with tert-alkyl or cyclic N) is 1. The van der Waals surface area contributed by atoms with Crippen LogP contribution in [0.4, 0.5) is 4.39 Å². The Labute approximate surface area is 132 Å².